The molecule has 9 heteroatoms. The molecule has 2 aliphatic heterocycles. The normalized spacial score (nSPS) is 21.8. The minimum absolute atomic E-state index is 0. The number of hydrogen-bond donors (Lipinski definition) is 2. The molecule has 30 heavy (non-hydrogen) atoms. The van der Waals surface area contributed by atoms with Crippen molar-refractivity contribution in [2.24, 2.45) is 5.92 Å². The average molecular weight is 450 g/mol. The van der Waals surface area contributed by atoms with Gasteiger partial charge in [-0.15, -0.1) is 24.8 Å². The lowest BCUT2D eigenvalue weighted by Gasteiger charge is -2.42. The van der Waals surface area contributed by atoms with Crippen molar-refractivity contribution in [3.63, 3.8) is 0 Å². The molecule has 1 amide bonds. The van der Waals surface area contributed by atoms with E-state index in [2.05, 4.69) is 15.6 Å². The van der Waals surface area contributed by atoms with E-state index >= 15 is 0 Å². The van der Waals surface area contributed by atoms with Gasteiger partial charge >= 0.3 is 0 Å². The summed E-state index contributed by atoms with van der Waals surface area (Å²) in [7, 11) is 0. The Bertz CT molecular complexity index is 1060. The number of fused-ring (bicyclic) bond motifs is 5. The van der Waals surface area contributed by atoms with Gasteiger partial charge in [0, 0.05) is 62.0 Å². The number of aromatic nitrogens is 3. The summed E-state index contributed by atoms with van der Waals surface area (Å²) in [5.74, 6) is 0.363. The lowest BCUT2D eigenvalue weighted by molar-refractivity contribution is -0.126. The van der Waals surface area contributed by atoms with Crippen LogP contribution in [0.2, 0.25) is 0 Å². The van der Waals surface area contributed by atoms with Crippen molar-refractivity contribution in [3.8, 4) is 0 Å². The van der Waals surface area contributed by atoms with Gasteiger partial charge in [0.15, 0.2) is 0 Å². The predicted molar refractivity (Wildman–Crippen MR) is 120 cm³/mol. The molecule has 3 aromatic rings. The number of nitrogens with one attached hydrogen (secondary N) is 2. The molecule has 1 fully saturated rings. The van der Waals surface area contributed by atoms with E-state index in [1.165, 1.54) is 0 Å². The van der Waals surface area contributed by atoms with Crippen molar-refractivity contribution < 1.29 is 4.79 Å². The first-order valence-corrected chi connectivity index (χ1v) is 9.83. The van der Waals surface area contributed by atoms with Crippen LogP contribution in [0.25, 0.3) is 5.65 Å². The molecule has 160 valence electrons. The maximum Gasteiger partial charge on any atom is 0.251 e. The number of imidazole rings is 1. The van der Waals surface area contributed by atoms with Gasteiger partial charge in [0.1, 0.15) is 11.7 Å². The average Bonchev–Trinajstić information content (AvgIpc) is 3.12. The lowest BCUT2D eigenvalue weighted by Crippen LogP contribution is -2.52. The molecule has 5 heterocycles. The third-order valence-corrected chi connectivity index (χ3v) is 5.91. The van der Waals surface area contributed by atoms with Gasteiger partial charge in [0.05, 0.1) is 5.69 Å². The zero-order valence-electron chi connectivity index (χ0n) is 16.4. The minimum atomic E-state index is -0.450. The summed E-state index contributed by atoms with van der Waals surface area (Å²) in [6, 6.07) is 10.7. The van der Waals surface area contributed by atoms with E-state index in [9.17, 15) is 9.59 Å². The van der Waals surface area contributed by atoms with Crippen LogP contribution in [0.3, 0.4) is 0 Å². The van der Waals surface area contributed by atoms with E-state index < -0.39 is 6.04 Å². The number of halogens is 2. The second kappa shape index (κ2) is 9.20. The largest absolute Gasteiger partial charge is 0.354 e. The van der Waals surface area contributed by atoms with E-state index in [1.807, 2.05) is 41.1 Å². The smallest absolute Gasteiger partial charge is 0.251 e. The second-order valence-electron chi connectivity index (χ2n) is 7.69. The van der Waals surface area contributed by atoms with Crippen molar-refractivity contribution in [2.75, 3.05) is 19.6 Å². The molecule has 0 spiro atoms. The molecule has 0 aromatic carbocycles. The van der Waals surface area contributed by atoms with E-state index in [1.54, 1.807) is 16.7 Å². The Kier molecular flexibility index (Phi) is 6.85. The quantitative estimate of drug-likeness (QED) is 0.637. The van der Waals surface area contributed by atoms with E-state index in [0.29, 0.717) is 18.9 Å². The summed E-state index contributed by atoms with van der Waals surface area (Å²) in [6.45, 7) is 2.13. The van der Waals surface area contributed by atoms with Crippen molar-refractivity contribution >= 4 is 36.4 Å². The molecular weight excluding hydrogens is 425 g/mol. The number of carbonyl (C=O) groups excluding carboxylic acids is 1. The van der Waals surface area contributed by atoms with Gasteiger partial charge in [-0.2, -0.15) is 0 Å². The van der Waals surface area contributed by atoms with Crippen LogP contribution in [0, 0.1) is 5.92 Å². The first kappa shape index (κ1) is 22.3. The van der Waals surface area contributed by atoms with Gasteiger partial charge in [-0.05, 0) is 24.6 Å². The molecule has 2 bridgehead atoms. The third-order valence-electron chi connectivity index (χ3n) is 5.91. The van der Waals surface area contributed by atoms with E-state index in [-0.39, 0.29) is 42.2 Å². The monoisotopic (exact) mass is 449 g/mol. The minimum Gasteiger partial charge on any atom is -0.354 e. The maximum atomic E-state index is 13.1. The fourth-order valence-electron chi connectivity index (χ4n) is 4.66. The van der Waals surface area contributed by atoms with Gasteiger partial charge in [-0.25, -0.2) is 4.98 Å². The van der Waals surface area contributed by atoms with Gasteiger partial charge in [-0.1, -0.05) is 12.1 Å². The molecule has 0 aliphatic carbocycles. The number of pyridine rings is 2. The number of nitrogens with zero attached hydrogens (tertiary/aromatic N) is 3. The number of rotatable bonds is 4. The maximum absolute atomic E-state index is 13.1. The summed E-state index contributed by atoms with van der Waals surface area (Å²) in [6.07, 6.45) is 5.54. The first-order valence-electron chi connectivity index (χ1n) is 9.83. The molecule has 3 aromatic heterocycles. The highest BCUT2D eigenvalue weighted by Gasteiger charge is 2.41. The molecule has 0 saturated carbocycles. The Balaban J connectivity index is 0.00000128. The zero-order valence-corrected chi connectivity index (χ0v) is 18.0. The zero-order chi connectivity index (χ0) is 19.1. The Labute approximate surface area is 186 Å². The van der Waals surface area contributed by atoms with Crippen LogP contribution in [0.4, 0.5) is 0 Å². The Morgan fingerprint density at radius 2 is 2.03 bits per heavy atom. The fourth-order valence-corrected chi connectivity index (χ4v) is 4.66. The molecule has 7 nitrogen and oxygen atoms in total. The summed E-state index contributed by atoms with van der Waals surface area (Å²) in [5, 5.41) is 6.46. The lowest BCUT2D eigenvalue weighted by atomic mass is 9.79. The van der Waals surface area contributed by atoms with Gasteiger partial charge in [-0.3, -0.25) is 14.2 Å². The van der Waals surface area contributed by atoms with Crippen molar-refractivity contribution in [1.82, 2.24) is 24.6 Å². The van der Waals surface area contributed by atoms with Crippen LogP contribution in [0.15, 0.2) is 53.6 Å². The molecule has 1 saturated heterocycles. The highest BCUT2D eigenvalue weighted by atomic mass is 35.5. The predicted octanol–water partition coefficient (Wildman–Crippen LogP) is 1.95. The van der Waals surface area contributed by atoms with Crippen molar-refractivity contribution in [1.29, 1.82) is 0 Å². The summed E-state index contributed by atoms with van der Waals surface area (Å²) < 4.78 is 3.70. The molecular formula is C21H25Cl2N5O2. The Hall–Kier alpha value is -2.35. The van der Waals surface area contributed by atoms with Gasteiger partial charge < -0.3 is 15.0 Å². The van der Waals surface area contributed by atoms with Crippen LogP contribution < -0.4 is 16.2 Å². The summed E-state index contributed by atoms with van der Waals surface area (Å²) in [4.78, 5) is 30.2. The van der Waals surface area contributed by atoms with Crippen molar-refractivity contribution in [3.05, 3.63) is 70.5 Å². The number of piperidine rings is 1. The summed E-state index contributed by atoms with van der Waals surface area (Å²) >= 11 is 0. The Morgan fingerprint density at radius 3 is 2.87 bits per heavy atom. The van der Waals surface area contributed by atoms with Crippen LogP contribution in [-0.4, -0.2) is 39.5 Å². The Morgan fingerprint density at radius 1 is 1.17 bits per heavy atom. The molecule has 5 rings (SSSR count). The van der Waals surface area contributed by atoms with Crippen LogP contribution in [0.1, 0.15) is 29.8 Å². The van der Waals surface area contributed by atoms with Gasteiger partial charge in [0.25, 0.3) is 5.56 Å². The third kappa shape index (κ3) is 3.97. The topological polar surface area (TPSA) is 80.4 Å². The molecule has 2 aliphatic rings. The molecule has 0 radical (unpaired) electrons. The van der Waals surface area contributed by atoms with Crippen molar-refractivity contribution in [2.45, 2.75) is 24.8 Å². The molecule has 3 atom stereocenters. The number of amides is 1. The number of carbonyl (C=O) groups is 1. The van der Waals surface area contributed by atoms with E-state index in [4.69, 9.17) is 0 Å². The number of hydrogen-bond acceptors (Lipinski definition) is 4. The fraction of sp³-hybridized carbons (Fsp3) is 0.381. The SMILES string of the molecule is Cl.Cl.O=C(NCCc1cn2ccccc2n1)[C@H]1[C@@H]2CNC[C@@H](C2)c2cccc(=O)n21. The first-order chi connectivity index (χ1) is 13.7. The highest BCUT2D eigenvalue weighted by molar-refractivity contribution is 5.85. The summed E-state index contributed by atoms with van der Waals surface area (Å²) in [5.41, 5.74) is 2.72. The molecule has 0 unspecified atom stereocenters. The standard InChI is InChI=1S/C21H23N5O2.2ClH/c27-19-6-3-4-17-14-10-15(12-22-11-14)20(26(17)19)21(28)23-8-7-16-13-25-9-2-1-5-18(25)24-16;;/h1-6,9,13-15,20,22H,7-8,10-12H2,(H,23,28);2*1H/t14-,15+,20-;;/m1../s1. The second-order valence-corrected chi connectivity index (χ2v) is 7.69. The van der Waals surface area contributed by atoms with Crippen LogP contribution >= 0.6 is 24.8 Å². The van der Waals surface area contributed by atoms with Crippen LogP contribution in [-0.2, 0) is 11.2 Å². The highest BCUT2D eigenvalue weighted by Crippen LogP contribution is 2.38. The van der Waals surface area contributed by atoms with E-state index in [0.717, 1.165) is 36.5 Å². The van der Waals surface area contributed by atoms with Crippen LogP contribution in [0.5, 0.6) is 0 Å². The molecule has 2 N–H and O–H groups in total. The van der Waals surface area contributed by atoms with Gasteiger partial charge in [0.2, 0.25) is 5.91 Å².